The molecule has 0 bridgehead atoms. The van der Waals surface area contributed by atoms with Crippen LogP contribution in [0.2, 0.25) is 0 Å². The lowest BCUT2D eigenvalue weighted by atomic mass is 9.77. The highest BCUT2D eigenvalue weighted by Crippen LogP contribution is 2.51. The number of anilines is 1. The number of benzene rings is 1. The summed E-state index contributed by atoms with van der Waals surface area (Å²) in [6.07, 6.45) is 0. The van der Waals surface area contributed by atoms with Gasteiger partial charge in [-0.25, -0.2) is 0 Å². The first kappa shape index (κ1) is 9.70. The molecule has 1 aromatic carbocycles. The molecule has 3 nitrogen and oxygen atoms in total. The van der Waals surface area contributed by atoms with Crippen LogP contribution in [0, 0.1) is 0 Å². The third kappa shape index (κ3) is 0.872. The van der Waals surface area contributed by atoms with Crippen molar-refractivity contribution in [1.29, 1.82) is 0 Å². The quantitative estimate of drug-likeness (QED) is 0.715. The van der Waals surface area contributed by atoms with Crippen molar-refractivity contribution in [2.75, 3.05) is 11.4 Å². The van der Waals surface area contributed by atoms with Crippen molar-refractivity contribution < 1.29 is 4.79 Å². The minimum atomic E-state index is -0.284. The number of para-hydroxylation sites is 1. The number of carbonyl (C=O) groups excluding carboxylic acids is 1. The van der Waals surface area contributed by atoms with E-state index in [4.69, 9.17) is 0 Å². The Kier molecular flexibility index (Phi) is 1.57. The van der Waals surface area contributed by atoms with Crippen LogP contribution in [0.25, 0.3) is 0 Å². The second kappa shape index (κ2) is 2.59. The summed E-state index contributed by atoms with van der Waals surface area (Å²) < 4.78 is 0. The SMILES string of the molecule is CC1(C)c2ccccc2N2CC(=O)NC21C. The molecule has 0 aliphatic carbocycles. The molecule has 1 saturated heterocycles. The lowest BCUT2D eigenvalue weighted by Crippen LogP contribution is -2.57. The second-order valence-corrected chi connectivity index (χ2v) is 5.35. The number of rotatable bonds is 0. The molecule has 3 rings (SSSR count). The van der Waals surface area contributed by atoms with Gasteiger partial charge in [-0.05, 0) is 18.6 Å². The maximum absolute atomic E-state index is 11.6. The van der Waals surface area contributed by atoms with Gasteiger partial charge in [0.1, 0.15) is 5.66 Å². The summed E-state index contributed by atoms with van der Waals surface area (Å²) in [5, 5.41) is 3.12. The molecule has 1 unspecified atom stereocenters. The van der Waals surface area contributed by atoms with E-state index in [1.807, 2.05) is 6.07 Å². The van der Waals surface area contributed by atoms with E-state index in [-0.39, 0.29) is 17.0 Å². The zero-order valence-electron chi connectivity index (χ0n) is 9.87. The number of nitrogens with one attached hydrogen (secondary N) is 1. The van der Waals surface area contributed by atoms with Crippen LogP contribution in [0.1, 0.15) is 26.3 Å². The fourth-order valence-electron chi connectivity index (χ4n) is 3.00. The van der Waals surface area contributed by atoms with E-state index in [0.29, 0.717) is 6.54 Å². The maximum atomic E-state index is 11.6. The van der Waals surface area contributed by atoms with Crippen LogP contribution >= 0.6 is 0 Å². The van der Waals surface area contributed by atoms with Crippen molar-refractivity contribution in [3.8, 4) is 0 Å². The lowest BCUT2D eigenvalue weighted by molar-refractivity contribution is -0.119. The van der Waals surface area contributed by atoms with Gasteiger partial charge >= 0.3 is 0 Å². The second-order valence-electron chi connectivity index (χ2n) is 5.35. The summed E-state index contributed by atoms with van der Waals surface area (Å²) >= 11 is 0. The average Bonchev–Trinajstić information content (AvgIpc) is 2.61. The molecule has 1 aromatic rings. The molecule has 1 N–H and O–H groups in total. The van der Waals surface area contributed by atoms with Gasteiger partial charge in [0, 0.05) is 11.1 Å². The van der Waals surface area contributed by atoms with Gasteiger partial charge in [0.05, 0.1) is 6.54 Å². The van der Waals surface area contributed by atoms with Crippen LogP contribution in [0.4, 0.5) is 5.69 Å². The molecule has 2 aliphatic heterocycles. The van der Waals surface area contributed by atoms with E-state index in [9.17, 15) is 4.79 Å². The first-order valence-electron chi connectivity index (χ1n) is 5.65. The Morgan fingerprint density at radius 3 is 2.69 bits per heavy atom. The van der Waals surface area contributed by atoms with Gasteiger partial charge in [-0.2, -0.15) is 0 Å². The minimum absolute atomic E-state index is 0.0598. The molecule has 1 amide bonds. The third-order valence-electron chi connectivity index (χ3n) is 4.31. The molecular weight excluding hydrogens is 200 g/mol. The molecule has 16 heavy (non-hydrogen) atoms. The number of hydrogen-bond donors (Lipinski definition) is 1. The number of fused-ring (bicyclic) bond motifs is 3. The molecule has 3 heteroatoms. The molecule has 0 aromatic heterocycles. The molecule has 2 heterocycles. The Bertz CT molecular complexity index is 481. The summed E-state index contributed by atoms with van der Waals surface area (Å²) in [5.74, 6) is 0.116. The van der Waals surface area contributed by atoms with Gasteiger partial charge < -0.3 is 10.2 Å². The zero-order valence-corrected chi connectivity index (χ0v) is 9.87. The van der Waals surface area contributed by atoms with Crippen LogP contribution in [0.3, 0.4) is 0 Å². The number of nitrogens with zero attached hydrogens (tertiary/aromatic N) is 1. The van der Waals surface area contributed by atoms with Crippen molar-refractivity contribution in [1.82, 2.24) is 5.32 Å². The third-order valence-corrected chi connectivity index (χ3v) is 4.31. The van der Waals surface area contributed by atoms with Gasteiger partial charge in [0.2, 0.25) is 5.91 Å². The number of hydrogen-bond acceptors (Lipinski definition) is 2. The van der Waals surface area contributed by atoms with Crippen LogP contribution in [0.15, 0.2) is 24.3 Å². The molecule has 1 fully saturated rings. The van der Waals surface area contributed by atoms with Gasteiger partial charge in [-0.3, -0.25) is 4.79 Å². The monoisotopic (exact) mass is 216 g/mol. The van der Waals surface area contributed by atoms with Crippen molar-refractivity contribution in [2.45, 2.75) is 31.8 Å². The van der Waals surface area contributed by atoms with Crippen molar-refractivity contribution in [3.63, 3.8) is 0 Å². The van der Waals surface area contributed by atoms with Gasteiger partial charge in [-0.1, -0.05) is 32.0 Å². The Hall–Kier alpha value is -1.51. The molecule has 0 spiro atoms. The van der Waals surface area contributed by atoms with E-state index >= 15 is 0 Å². The van der Waals surface area contributed by atoms with Gasteiger partial charge in [0.25, 0.3) is 0 Å². The topological polar surface area (TPSA) is 32.3 Å². The fourth-order valence-corrected chi connectivity index (χ4v) is 3.00. The lowest BCUT2D eigenvalue weighted by Gasteiger charge is -2.39. The first-order chi connectivity index (χ1) is 7.47. The summed E-state index contributed by atoms with van der Waals surface area (Å²) in [4.78, 5) is 13.8. The minimum Gasteiger partial charge on any atom is -0.339 e. The largest absolute Gasteiger partial charge is 0.339 e. The number of carbonyl (C=O) groups is 1. The van der Waals surface area contributed by atoms with Gasteiger partial charge in [0.15, 0.2) is 0 Å². The van der Waals surface area contributed by atoms with Crippen molar-refractivity contribution >= 4 is 11.6 Å². The Morgan fingerprint density at radius 2 is 1.94 bits per heavy atom. The van der Waals surface area contributed by atoms with E-state index in [0.717, 1.165) is 0 Å². The van der Waals surface area contributed by atoms with E-state index < -0.39 is 0 Å². The van der Waals surface area contributed by atoms with Crippen molar-refractivity contribution in [3.05, 3.63) is 29.8 Å². The van der Waals surface area contributed by atoms with Crippen molar-refractivity contribution in [2.24, 2.45) is 0 Å². The van der Waals surface area contributed by atoms with Crippen LogP contribution < -0.4 is 10.2 Å². The highest BCUT2D eigenvalue weighted by atomic mass is 16.2. The van der Waals surface area contributed by atoms with E-state index in [2.05, 4.69) is 49.2 Å². The summed E-state index contributed by atoms with van der Waals surface area (Å²) in [5.41, 5.74) is 2.16. The molecule has 1 atom stereocenters. The Labute approximate surface area is 95.4 Å². The summed E-state index contributed by atoms with van der Waals surface area (Å²) in [6, 6.07) is 8.35. The standard InChI is InChI=1S/C13H16N2O/c1-12(2)9-6-4-5-7-10(9)15-8-11(16)14-13(12,15)3/h4-7H,8H2,1-3H3,(H,14,16). The molecule has 0 radical (unpaired) electrons. The predicted octanol–water partition coefficient (Wildman–Crippen LogP) is 1.63. The number of amides is 1. The normalized spacial score (nSPS) is 29.9. The fraction of sp³-hybridized carbons (Fsp3) is 0.462. The highest BCUT2D eigenvalue weighted by molar-refractivity contribution is 5.90. The maximum Gasteiger partial charge on any atom is 0.241 e. The van der Waals surface area contributed by atoms with E-state index in [1.165, 1.54) is 11.3 Å². The summed E-state index contributed by atoms with van der Waals surface area (Å²) in [6.45, 7) is 6.96. The zero-order chi connectivity index (χ0) is 11.6. The summed E-state index contributed by atoms with van der Waals surface area (Å²) in [7, 11) is 0. The average molecular weight is 216 g/mol. The predicted molar refractivity (Wildman–Crippen MR) is 63.4 cm³/mol. The van der Waals surface area contributed by atoms with E-state index in [1.54, 1.807) is 0 Å². The van der Waals surface area contributed by atoms with Gasteiger partial charge in [-0.15, -0.1) is 0 Å². The Morgan fingerprint density at radius 1 is 1.25 bits per heavy atom. The van der Waals surface area contributed by atoms with Crippen LogP contribution in [-0.4, -0.2) is 18.1 Å². The molecule has 0 saturated carbocycles. The first-order valence-corrected chi connectivity index (χ1v) is 5.65. The smallest absolute Gasteiger partial charge is 0.241 e. The highest BCUT2D eigenvalue weighted by Gasteiger charge is 2.58. The molecular formula is C13H16N2O. The Balaban J connectivity index is 2.26. The molecule has 84 valence electrons. The van der Waals surface area contributed by atoms with Crippen LogP contribution in [0.5, 0.6) is 0 Å². The molecule has 2 aliphatic rings. The van der Waals surface area contributed by atoms with Crippen LogP contribution in [-0.2, 0) is 10.2 Å².